The van der Waals surface area contributed by atoms with Crippen LogP contribution in [-0.4, -0.2) is 35.5 Å². The third kappa shape index (κ3) is 4.17. The van der Waals surface area contributed by atoms with Gasteiger partial charge in [0.2, 0.25) is 0 Å². The fraction of sp³-hybridized carbons (Fsp3) is 0.118. The van der Waals surface area contributed by atoms with Crippen LogP contribution < -0.4 is 10.1 Å². The third-order valence-corrected chi connectivity index (χ3v) is 3.57. The summed E-state index contributed by atoms with van der Waals surface area (Å²) in [6, 6.07) is 9.08. The molecule has 0 saturated heterocycles. The summed E-state index contributed by atoms with van der Waals surface area (Å²) in [5.74, 6) is -1.31. The van der Waals surface area contributed by atoms with Crippen LogP contribution in [0.5, 0.6) is 5.75 Å². The number of fused-ring (bicyclic) bond motifs is 1. The van der Waals surface area contributed by atoms with Crippen LogP contribution in [0.4, 0.5) is 19.0 Å². The molecular formula is C17H12F3N3O4. The number of H-pyrrole nitrogens is 1. The molecule has 0 aliphatic rings. The molecule has 0 bridgehead atoms. The number of nitrogens with one attached hydrogen (secondary N) is 2. The monoisotopic (exact) mass is 379 g/mol. The van der Waals surface area contributed by atoms with Crippen molar-refractivity contribution in [3.05, 3.63) is 53.6 Å². The number of benzene rings is 2. The molecule has 1 aromatic heterocycles. The SMILES string of the molecule is COC(=O)c1ccc2c(NC(=O)c3ccc(OC(F)(F)F)cc3)n[nH]c2c1. The average molecular weight is 379 g/mol. The van der Waals surface area contributed by atoms with Gasteiger partial charge in [0, 0.05) is 10.9 Å². The first kappa shape index (κ1) is 18.2. The number of methoxy groups -OCH3 is 1. The van der Waals surface area contributed by atoms with Gasteiger partial charge in [0.1, 0.15) is 5.75 Å². The van der Waals surface area contributed by atoms with Crippen molar-refractivity contribution >= 4 is 28.6 Å². The first-order valence-corrected chi connectivity index (χ1v) is 7.50. The molecule has 3 rings (SSSR count). The van der Waals surface area contributed by atoms with Gasteiger partial charge >= 0.3 is 12.3 Å². The Bertz CT molecular complexity index is 997. The van der Waals surface area contributed by atoms with Gasteiger partial charge in [-0.2, -0.15) is 5.10 Å². The van der Waals surface area contributed by atoms with Gasteiger partial charge in [-0.3, -0.25) is 9.89 Å². The van der Waals surface area contributed by atoms with E-state index in [4.69, 9.17) is 0 Å². The van der Waals surface area contributed by atoms with Crippen molar-refractivity contribution in [3.8, 4) is 5.75 Å². The molecule has 0 aliphatic heterocycles. The van der Waals surface area contributed by atoms with E-state index in [-0.39, 0.29) is 11.4 Å². The normalized spacial score (nSPS) is 11.3. The fourth-order valence-corrected chi connectivity index (χ4v) is 2.35. The predicted octanol–water partition coefficient (Wildman–Crippen LogP) is 3.50. The minimum absolute atomic E-state index is 0.117. The Labute approximate surface area is 150 Å². The van der Waals surface area contributed by atoms with E-state index in [1.807, 2.05) is 0 Å². The standard InChI is InChI=1S/C17H12F3N3O4/c1-26-16(25)10-4-7-12-13(8-10)22-23-14(12)21-15(24)9-2-5-11(6-3-9)27-17(18,19)20/h2-8H,1H3,(H2,21,22,23,24). The first-order chi connectivity index (χ1) is 12.8. The zero-order chi connectivity index (χ0) is 19.6. The molecule has 10 heteroatoms. The molecule has 0 aliphatic carbocycles. The maximum Gasteiger partial charge on any atom is 0.573 e. The number of esters is 1. The van der Waals surface area contributed by atoms with Crippen molar-refractivity contribution < 1.29 is 32.2 Å². The molecule has 1 amide bonds. The van der Waals surface area contributed by atoms with Gasteiger partial charge in [-0.1, -0.05) is 0 Å². The van der Waals surface area contributed by atoms with Crippen LogP contribution in [0.25, 0.3) is 10.9 Å². The summed E-state index contributed by atoms with van der Waals surface area (Å²) in [5.41, 5.74) is 0.931. The van der Waals surface area contributed by atoms with Gasteiger partial charge < -0.3 is 14.8 Å². The molecule has 0 saturated carbocycles. The summed E-state index contributed by atoms with van der Waals surface area (Å²) < 4.78 is 44.9. The number of rotatable bonds is 4. The van der Waals surface area contributed by atoms with Crippen molar-refractivity contribution in [1.82, 2.24) is 10.2 Å². The Morgan fingerprint density at radius 1 is 1.07 bits per heavy atom. The lowest BCUT2D eigenvalue weighted by molar-refractivity contribution is -0.274. The number of carbonyl (C=O) groups excluding carboxylic acids is 2. The lowest BCUT2D eigenvalue weighted by atomic mass is 10.1. The molecule has 3 aromatic rings. The zero-order valence-corrected chi connectivity index (χ0v) is 13.8. The minimum Gasteiger partial charge on any atom is -0.465 e. The minimum atomic E-state index is -4.80. The molecule has 27 heavy (non-hydrogen) atoms. The highest BCUT2D eigenvalue weighted by Gasteiger charge is 2.31. The summed E-state index contributed by atoms with van der Waals surface area (Å²) >= 11 is 0. The van der Waals surface area contributed by atoms with Crippen molar-refractivity contribution in [2.45, 2.75) is 6.36 Å². The number of nitrogens with zero attached hydrogens (tertiary/aromatic N) is 1. The number of ether oxygens (including phenoxy) is 2. The fourth-order valence-electron chi connectivity index (χ4n) is 2.35. The maximum atomic E-state index is 12.3. The van der Waals surface area contributed by atoms with E-state index in [9.17, 15) is 22.8 Å². The topological polar surface area (TPSA) is 93.3 Å². The van der Waals surface area contributed by atoms with Crippen molar-refractivity contribution in [2.75, 3.05) is 12.4 Å². The number of alkyl halides is 3. The van der Waals surface area contributed by atoms with Crippen LogP contribution in [0.1, 0.15) is 20.7 Å². The van der Waals surface area contributed by atoms with Crippen molar-refractivity contribution in [2.24, 2.45) is 0 Å². The van der Waals surface area contributed by atoms with Gasteiger partial charge in [0.05, 0.1) is 18.2 Å². The molecule has 0 fully saturated rings. The van der Waals surface area contributed by atoms with Crippen LogP contribution in [0.15, 0.2) is 42.5 Å². The van der Waals surface area contributed by atoms with Crippen molar-refractivity contribution in [1.29, 1.82) is 0 Å². The van der Waals surface area contributed by atoms with Crippen LogP contribution in [0.2, 0.25) is 0 Å². The van der Waals surface area contributed by atoms with E-state index in [0.29, 0.717) is 16.5 Å². The number of hydrogen-bond donors (Lipinski definition) is 2. The first-order valence-electron chi connectivity index (χ1n) is 7.50. The van der Waals surface area contributed by atoms with Crippen LogP contribution in [0.3, 0.4) is 0 Å². The summed E-state index contributed by atoms with van der Waals surface area (Å²) in [7, 11) is 1.26. The predicted molar refractivity (Wildman–Crippen MR) is 88.5 cm³/mol. The highest BCUT2D eigenvalue weighted by Crippen LogP contribution is 2.24. The zero-order valence-electron chi connectivity index (χ0n) is 13.8. The molecule has 0 spiro atoms. The van der Waals surface area contributed by atoms with Gasteiger partial charge in [0.25, 0.3) is 5.91 Å². The summed E-state index contributed by atoms with van der Waals surface area (Å²) in [4.78, 5) is 23.8. The Kier molecular flexibility index (Phi) is 4.72. The second kappa shape index (κ2) is 6.98. The second-order valence-electron chi connectivity index (χ2n) is 5.35. The van der Waals surface area contributed by atoms with Gasteiger partial charge in [-0.15, -0.1) is 13.2 Å². The number of halogens is 3. The number of aromatic nitrogens is 2. The largest absolute Gasteiger partial charge is 0.573 e. The molecular weight excluding hydrogens is 367 g/mol. The Balaban J connectivity index is 1.77. The van der Waals surface area contributed by atoms with E-state index in [1.54, 1.807) is 6.07 Å². The van der Waals surface area contributed by atoms with Gasteiger partial charge in [-0.25, -0.2) is 4.79 Å². The van der Waals surface area contributed by atoms with E-state index >= 15 is 0 Å². The van der Waals surface area contributed by atoms with Crippen LogP contribution in [0, 0.1) is 0 Å². The maximum absolute atomic E-state index is 12.3. The highest BCUT2D eigenvalue weighted by molar-refractivity contribution is 6.08. The summed E-state index contributed by atoms with van der Waals surface area (Å²) in [6.07, 6.45) is -4.80. The molecule has 2 aromatic carbocycles. The van der Waals surface area contributed by atoms with Crippen LogP contribution in [-0.2, 0) is 4.74 Å². The number of hydrogen-bond acceptors (Lipinski definition) is 5. The Morgan fingerprint density at radius 2 is 1.74 bits per heavy atom. The van der Waals surface area contributed by atoms with E-state index in [1.165, 1.54) is 31.4 Å². The molecule has 140 valence electrons. The highest BCUT2D eigenvalue weighted by atomic mass is 19.4. The lowest BCUT2D eigenvalue weighted by Gasteiger charge is -2.09. The van der Waals surface area contributed by atoms with Gasteiger partial charge in [-0.05, 0) is 42.5 Å². The third-order valence-electron chi connectivity index (χ3n) is 3.57. The molecule has 1 heterocycles. The number of amides is 1. The van der Waals surface area contributed by atoms with E-state index in [2.05, 4.69) is 25.0 Å². The molecule has 0 atom stereocenters. The lowest BCUT2D eigenvalue weighted by Crippen LogP contribution is -2.17. The van der Waals surface area contributed by atoms with Crippen LogP contribution >= 0.6 is 0 Å². The Morgan fingerprint density at radius 3 is 2.37 bits per heavy atom. The Hall–Kier alpha value is -3.56. The second-order valence-corrected chi connectivity index (χ2v) is 5.35. The number of carbonyl (C=O) groups is 2. The smallest absolute Gasteiger partial charge is 0.465 e. The average Bonchev–Trinajstić information content (AvgIpc) is 3.02. The molecule has 2 N–H and O–H groups in total. The summed E-state index contributed by atoms with van der Waals surface area (Å²) in [6.45, 7) is 0. The van der Waals surface area contributed by atoms with E-state index in [0.717, 1.165) is 12.1 Å². The van der Waals surface area contributed by atoms with Gasteiger partial charge in [0.15, 0.2) is 5.82 Å². The van der Waals surface area contributed by atoms with Crippen molar-refractivity contribution in [3.63, 3.8) is 0 Å². The molecule has 0 unspecified atom stereocenters. The molecule has 0 radical (unpaired) electrons. The molecule has 7 nitrogen and oxygen atoms in total. The number of aromatic amines is 1. The van der Waals surface area contributed by atoms with E-state index < -0.39 is 24.0 Å². The number of anilines is 1. The quantitative estimate of drug-likeness (QED) is 0.677. The summed E-state index contributed by atoms with van der Waals surface area (Å²) in [5, 5.41) is 9.75.